The quantitative estimate of drug-likeness (QED) is 0.261. The maximum Gasteiger partial charge on any atom is 0.340 e. The molecule has 98 valence electrons. The highest BCUT2D eigenvalue weighted by atomic mass is 16.6. The molecule has 6 N–H and O–H groups in total. The molecule has 17 heavy (non-hydrogen) atoms. The Balaban J connectivity index is 2.91. The summed E-state index contributed by atoms with van der Waals surface area (Å²) in [5.74, 6) is 0. The average molecular weight is 251 g/mol. The van der Waals surface area contributed by atoms with Gasteiger partial charge in [-0.2, -0.15) is 0 Å². The van der Waals surface area contributed by atoms with Gasteiger partial charge in [-0.05, 0) is 0 Å². The van der Waals surface area contributed by atoms with Crippen molar-refractivity contribution < 1.29 is 30.0 Å². The predicted molar refractivity (Wildman–Crippen MR) is 51.0 cm³/mol. The van der Waals surface area contributed by atoms with Gasteiger partial charge in [-0.15, -0.1) is 9.92 Å². The van der Waals surface area contributed by atoms with Gasteiger partial charge >= 0.3 is 6.03 Å². The molecular weight excluding hydrogens is 238 g/mol. The first-order valence-electron chi connectivity index (χ1n) is 4.66. The van der Waals surface area contributed by atoms with Crippen molar-refractivity contribution in [3.05, 3.63) is 4.91 Å². The lowest BCUT2D eigenvalue weighted by atomic mass is 9.98. The minimum absolute atomic E-state index is 0.0719. The Morgan fingerprint density at radius 2 is 1.88 bits per heavy atom. The topological polar surface area (TPSA) is 166 Å². The molecular formula is C7H13N3O7. The van der Waals surface area contributed by atoms with Crippen LogP contribution in [0.25, 0.3) is 0 Å². The molecule has 0 bridgehead atoms. The maximum atomic E-state index is 10.8. The lowest BCUT2D eigenvalue weighted by Gasteiger charge is -2.41. The number of carbonyl (C=O) groups is 1. The van der Waals surface area contributed by atoms with Gasteiger partial charge in [-0.3, -0.25) is 0 Å². The number of nitrogens with zero attached hydrogens (tertiary/aromatic N) is 2. The summed E-state index contributed by atoms with van der Waals surface area (Å²) in [6.07, 6.45) is -8.00. The molecule has 1 unspecified atom stereocenters. The fourth-order valence-electron chi connectivity index (χ4n) is 1.50. The number of nitroso groups, excluding NO2 is 1. The normalized spacial score (nSPS) is 37.5. The molecule has 0 spiro atoms. The Morgan fingerprint density at radius 3 is 2.29 bits per heavy atom. The zero-order valence-corrected chi connectivity index (χ0v) is 8.58. The summed E-state index contributed by atoms with van der Waals surface area (Å²) in [6, 6.07) is -1.30. The van der Waals surface area contributed by atoms with E-state index in [9.17, 15) is 25.0 Å². The first kappa shape index (κ1) is 13.7. The number of hydrogen-bond donors (Lipinski definition) is 5. The minimum Gasteiger partial charge on any atom is -0.394 e. The summed E-state index contributed by atoms with van der Waals surface area (Å²) < 4.78 is 4.87. The molecule has 1 aliphatic rings. The third-order valence-electron chi connectivity index (χ3n) is 2.42. The van der Waals surface area contributed by atoms with Crippen LogP contribution < -0.4 is 5.73 Å². The first-order valence-corrected chi connectivity index (χ1v) is 4.66. The summed E-state index contributed by atoms with van der Waals surface area (Å²) in [5, 5.41) is 39.5. The summed E-state index contributed by atoms with van der Waals surface area (Å²) in [5.41, 5.74) is 4.80. The molecule has 10 heteroatoms. The third-order valence-corrected chi connectivity index (χ3v) is 2.42. The predicted octanol–water partition coefficient (Wildman–Crippen LogP) is -3.15. The second-order valence-corrected chi connectivity index (χ2v) is 3.48. The van der Waals surface area contributed by atoms with E-state index in [0.29, 0.717) is 0 Å². The number of rotatable bonds is 3. The highest BCUT2D eigenvalue weighted by Crippen LogP contribution is 2.23. The van der Waals surface area contributed by atoms with Crippen molar-refractivity contribution in [3.8, 4) is 0 Å². The number of hydrogen-bond acceptors (Lipinski definition) is 8. The zero-order valence-electron chi connectivity index (χ0n) is 8.58. The molecule has 0 aromatic heterocycles. The fraction of sp³-hybridized carbons (Fsp3) is 0.857. The van der Waals surface area contributed by atoms with Crippen molar-refractivity contribution in [3.63, 3.8) is 0 Å². The van der Waals surface area contributed by atoms with Gasteiger partial charge in [0.15, 0.2) is 6.23 Å². The Hall–Kier alpha value is -1.33. The molecule has 1 aliphatic heterocycles. The SMILES string of the molecule is NC(=O)N(N=O)[C@H]1OC(CO)[C@@H](O)[C@H](O)[C@H]1O. The number of carbonyl (C=O) groups excluding carboxylic acids is 1. The van der Waals surface area contributed by atoms with Crippen LogP contribution >= 0.6 is 0 Å². The van der Waals surface area contributed by atoms with Gasteiger partial charge in [-0.1, -0.05) is 0 Å². The van der Waals surface area contributed by atoms with Gasteiger partial charge in [-0.25, -0.2) is 4.79 Å². The van der Waals surface area contributed by atoms with E-state index in [1.807, 2.05) is 0 Å². The van der Waals surface area contributed by atoms with Crippen molar-refractivity contribution >= 4 is 6.03 Å². The van der Waals surface area contributed by atoms with Crippen molar-refractivity contribution in [2.45, 2.75) is 30.6 Å². The molecule has 1 heterocycles. The Kier molecular flexibility index (Phi) is 4.31. The Labute approximate surface area is 95.1 Å². The molecule has 10 nitrogen and oxygen atoms in total. The zero-order chi connectivity index (χ0) is 13.2. The number of aliphatic hydroxyl groups is 4. The molecule has 0 aliphatic carbocycles. The first-order chi connectivity index (χ1) is 7.93. The van der Waals surface area contributed by atoms with Crippen LogP contribution in [0.15, 0.2) is 5.29 Å². The average Bonchev–Trinajstić information content (AvgIpc) is 2.29. The second kappa shape index (κ2) is 5.33. The van der Waals surface area contributed by atoms with Gasteiger partial charge in [0.1, 0.15) is 24.4 Å². The van der Waals surface area contributed by atoms with Crippen LogP contribution in [0.5, 0.6) is 0 Å². The van der Waals surface area contributed by atoms with Crippen LogP contribution in [-0.4, -0.2) is 68.7 Å². The van der Waals surface area contributed by atoms with E-state index in [0.717, 1.165) is 0 Å². The number of aliphatic hydroxyl groups excluding tert-OH is 4. The molecule has 0 radical (unpaired) electrons. The van der Waals surface area contributed by atoms with Crippen molar-refractivity contribution in [2.24, 2.45) is 11.0 Å². The molecule has 1 saturated heterocycles. The van der Waals surface area contributed by atoms with E-state index in [1.54, 1.807) is 0 Å². The highest BCUT2D eigenvalue weighted by molar-refractivity contribution is 5.71. The Bertz CT molecular complexity index is 299. The van der Waals surface area contributed by atoms with Gasteiger partial charge in [0, 0.05) is 0 Å². The third kappa shape index (κ3) is 2.50. The van der Waals surface area contributed by atoms with Gasteiger partial charge in [0.05, 0.1) is 11.9 Å². The number of primary amides is 1. The van der Waals surface area contributed by atoms with Crippen LogP contribution in [0.4, 0.5) is 4.79 Å². The van der Waals surface area contributed by atoms with Crippen LogP contribution in [0.3, 0.4) is 0 Å². The molecule has 0 aromatic carbocycles. The van der Waals surface area contributed by atoms with Crippen molar-refractivity contribution in [2.75, 3.05) is 6.61 Å². The molecule has 0 aromatic rings. The smallest absolute Gasteiger partial charge is 0.340 e. The van der Waals surface area contributed by atoms with E-state index >= 15 is 0 Å². The summed E-state index contributed by atoms with van der Waals surface area (Å²) >= 11 is 0. The van der Waals surface area contributed by atoms with E-state index in [1.165, 1.54) is 0 Å². The van der Waals surface area contributed by atoms with Gasteiger partial charge in [0.2, 0.25) is 0 Å². The second-order valence-electron chi connectivity index (χ2n) is 3.48. The molecule has 2 amide bonds. The van der Waals surface area contributed by atoms with Crippen molar-refractivity contribution in [1.82, 2.24) is 5.01 Å². The standard InChI is InChI=1S/C7H13N3O7/c8-7(15)10(9-16)6-5(14)4(13)3(12)2(1-11)17-6/h2-6,11-14H,1H2,(H2,8,15)/t2?,3-,4+,5-,6+/m1/s1. The lowest BCUT2D eigenvalue weighted by molar-refractivity contribution is -0.257. The van der Waals surface area contributed by atoms with E-state index in [-0.39, 0.29) is 5.01 Å². The van der Waals surface area contributed by atoms with Gasteiger partial charge in [0.25, 0.3) is 0 Å². The summed E-state index contributed by atoms with van der Waals surface area (Å²) in [7, 11) is 0. The van der Waals surface area contributed by atoms with E-state index in [2.05, 4.69) is 5.29 Å². The minimum atomic E-state index is -1.78. The number of amides is 2. The van der Waals surface area contributed by atoms with Crippen LogP contribution in [0, 0.1) is 4.91 Å². The van der Waals surface area contributed by atoms with E-state index < -0.39 is 43.3 Å². The largest absolute Gasteiger partial charge is 0.394 e. The van der Waals surface area contributed by atoms with E-state index in [4.69, 9.17) is 15.6 Å². The molecule has 1 rings (SSSR count). The van der Waals surface area contributed by atoms with Crippen LogP contribution in [0.2, 0.25) is 0 Å². The number of urea groups is 1. The number of nitrogens with two attached hydrogens (primary N) is 1. The monoisotopic (exact) mass is 251 g/mol. The highest BCUT2D eigenvalue weighted by Gasteiger charge is 2.47. The molecule has 1 fully saturated rings. The van der Waals surface area contributed by atoms with Crippen molar-refractivity contribution in [1.29, 1.82) is 0 Å². The van der Waals surface area contributed by atoms with Crippen LogP contribution in [0.1, 0.15) is 0 Å². The number of ether oxygens (including phenoxy) is 1. The maximum absolute atomic E-state index is 10.8. The van der Waals surface area contributed by atoms with Gasteiger partial charge < -0.3 is 30.9 Å². The fourth-order valence-corrected chi connectivity index (χ4v) is 1.50. The Morgan fingerprint density at radius 1 is 1.29 bits per heavy atom. The molecule has 5 atom stereocenters. The lowest BCUT2D eigenvalue weighted by Crippen LogP contribution is -2.63. The van der Waals surface area contributed by atoms with Crippen LogP contribution in [-0.2, 0) is 4.74 Å². The summed E-state index contributed by atoms with van der Waals surface area (Å²) in [6.45, 7) is -0.688. The summed E-state index contributed by atoms with van der Waals surface area (Å²) in [4.78, 5) is 21.2. The molecule has 0 saturated carbocycles.